The van der Waals surface area contributed by atoms with E-state index in [1.54, 1.807) is 4.52 Å². The average molecular weight is 523 g/mol. The van der Waals surface area contributed by atoms with Gasteiger partial charge in [-0.15, -0.1) is 5.10 Å². The van der Waals surface area contributed by atoms with E-state index in [2.05, 4.69) is 26.8 Å². The van der Waals surface area contributed by atoms with Crippen LogP contribution in [0.2, 0.25) is 0 Å². The fourth-order valence-electron chi connectivity index (χ4n) is 5.14. The van der Waals surface area contributed by atoms with Crippen molar-refractivity contribution in [3.05, 3.63) is 83.7 Å². The molecule has 2 amide bonds. The van der Waals surface area contributed by atoms with Crippen molar-refractivity contribution in [1.29, 1.82) is 0 Å². The fraction of sp³-hybridized carbons (Fsp3) is 0.267. The molecule has 1 aliphatic heterocycles. The second kappa shape index (κ2) is 9.99. The first-order chi connectivity index (χ1) is 18.9. The number of pyridine rings is 1. The van der Waals surface area contributed by atoms with Gasteiger partial charge in [-0.25, -0.2) is 4.52 Å². The zero-order valence-corrected chi connectivity index (χ0v) is 22.1. The number of nitrogens with zero attached hydrogens (tertiary/aromatic N) is 4. The van der Waals surface area contributed by atoms with E-state index in [0.29, 0.717) is 24.2 Å². The Hall–Kier alpha value is -4.50. The third kappa shape index (κ3) is 4.88. The molecule has 0 radical (unpaired) electrons. The third-order valence-electron chi connectivity index (χ3n) is 7.25. The summed E-state index contributed by atoms with van der Waals surface area (Å²) in [5.41, 5.74) is 6.30. The minimum absolute atomic E-state index is 0.119. The average Bonchev–Trinajstić information content (AvgIpc) is 3.67. The van der Waals surface area contributed by atoms with Crippen molar-refractivity contribution in [3.8, 4) is 11.1 Å². The van der Waals surface area contributed by atoms with Crippen LogP contribution in [-0.4, -0.2) is 43.7 Å². The van der Waals surface area contributed by atoms with Crippen LogP contribution in [0, 0.1) is 6.92 Å². The quantitative estimate of drug-likeness (QED) is 0.333. The van der Waals surface area contributed by atoms with Crippen LogP contribution in [0.15, 0.2) is 67.0 Å². The lowest BCUT2D eigenvalue weighted by Gasteiger charge is -2.14. The first-order valence-corrected chi connectivity index (χ1v) is 13.1. The lowest BCUT2D eigenvalue weighted by Crippen LogP contribution is -2.27. The van der Waals surface area contributed by atoms with E-state index in [1.807, 2.05) is 86.4 Å². The van der Waals surface area contributed by atoms with Crippen LogP contribution in [0.1, 0.15) is 47.3 Å². The van der Waals surface area contributed by atoms with Crippen LogP contribution in [0.25, 0.3) is 27.7 Å². The number of aromatic nitrogens is 4. The number of benzene rings is 2. The molecule has 4 heterocycles. The molecule has 3 aromatic heterocycles. The van der Waals surface area contributed by atoms with Crippen molar-refractivity contribution >= 4 is 34.3 Å². The maximum Gasteiger partial charge on any atom is 0.255 e. The number of hydrogen-bond donors (Lipinski definition) is 2. The molecule has 198 valence electrons. The minimum Gasteiger partial charge on any atom is -0.368 e. The van der Waals surface area contributed by atoms with E-state index < -0.39 is 6.10 Å². The molecule has 0 aliphatic carbocycles. The summed E-state index contributed by atoms with van der Waals surface area (Å²) in [6, 6.07) is 18.0. The van der Waals surface area contributed by atoms with Gasteiger partial charge in [-0.2, -0.15) is 4.98 Å². The Balaban J connectivity index is 1.27. The maximum absolute atomic E-state index is 13.4. The van der Waals surface area contributed by atoms with Crippen molar-refractivity contribution in [1.82, 2.24) is 24.5 Å². The van der Waals surface area contributed by atoms with Crippen LogP contribution in [0.3, 0.4) is 0 Å². The van der Waals surface area contributed by atoms with Gasteiger partial charge >= 0.3 is 0 Å². The smallest absolute Gasteiger partial charge is 0.255 e. The van der Waals surface area contributed by atoms with Gasteiger partial charge in [0, 0.05) is 37.0 Å². The highest BCUT2D eigenvalue weighted by atomic mass is 16.5. The molecule has 39 heavy (non-hydrogen) atoms. The number of rotatable bonds is 6. The number of carbonyl (C=O) groups excluding carboxylic acids is 2. The van der Waals surface area contributed by atoms with Gasteiger partial charge in [-0.3, -0.25) is 14.9 Å². The zero-order valence-electron chi connectivity index (χ0n) is 22.1. The van der Waals surface area contributed by atoms with E-state index in [0.717, 1.165) is 39.6 Å². The normalized spacial score (nSPS) is 16.0. The largest absolute Gasteiger partial charge is 0.368 e. The molecule has 1 fully saturated rings. The molecular formula is C30H30N6O3. The Morgan fingerprint density at radius 3 is 2.74 bits per heavy atom. The van der Waals surface area contributed by atoms with E-state index in [-0.39, 0.29) is 23.8 Å². The summed E-state index contributed by atoms with van der Waals surface area (Å²) in [7, 11) is 1.94. The van der Waals surface area contributed by atoms with E-state index in [4.69, 9.17) is 4.74 Å². The van der Waals surface area contributed by atoms with E-state index in [9.17, 15) is 9.59 Å². The highest BCUT2D eigenvalue weighted by molar-refractivity contribution is 6.08. The number of fused-ring (bicyclic) bond motifs is 2. The topological polar surface area (TPSA) is 103 Å². The molecule has 6 rings (SSSR count). The molecule has 2 N–H and O–H groups in total. The maximum atomic E-state index is 13.4. The van der Waals surface area contributed by atoms with Gasteiger partial charge in [-0.05, 0) is 67.6 Å². The Kier molecular flexibility index (Phi) is 6.36. The SMILES string of the molecule is Cc1cccc([C@H](C)NC(=O)c2cn(C)c3ccc(-c4ccn5nc(NC(=O)C6CCCO6)nc5c4)cc23)c1. The van der Waals surface area contributed by atoms with E-state index in [1.165, 1.54) is 0 Å². The number of ether oxygens (including phenoxy) is 1. The Morgan fingerprint density at radius 2 is 1.95 bits per heavy atom. The lowest BCUT2D eigenvalue weighted by molar-refractivity contribution is -0.124. The first-order valence-electron chi connectivity index (χ1n) is 13.1. The summed E-state index contributed by atoms with van der Waals surface area (Å²) in [5, 5.41) is 11.1. The number of nitrogens with one attached hydrogen (secondary N) is 2. The molecule has 9 nitrogen and oxygen atoms in total. The molecule has 1 unspecified atom stereocenters. The summed E-state index contributed by atoms with van der Waals surface area (Å²) < 4.78 is 9.04. The number of carbonyl (C=O) groups is 2. The predicted molar refractivity (Wildman–Crippen MR) is 150 cm³/mol. The number of hydrogen-bond acceptors (Lipinski definition) is 5. The van der Waals surface area contributed by atoms with Gasteiger partial charge in [-0.1, -0.05) is 35.9 Å². The highest BCUT2D eigenvalue weighted by Gasteiger charge is 2.24. The van der Waals surface area contributed by atoms with Crippen LogP contribution >= 0.6 is 0 Å². The van der Waals surface area contributed by atoms with Gasteiger partial charge < -0.3 is 14.6 Å². The molecule has 0 bridgehead atoms. The molecule has 9 heteroatoms. The molecular weight excluding hydrogens is 492 g/mol. The van der Waals surface area contributed by atoms with Gasteiger partial charge in [0.2, 0.25) is 5.95 Å². The molecule has 1 saturated heterocycles. The Bertz CT molecular complexity index is 1710. The van der Waals surface area contributed by atoms with Crippen molar-refractivity contribution in [2.24, 2.45) is 7.05 Å². The standard InChI is InChI=1S/C30H30N6O3/c1-18-6-4-7-20(14-18)19(2)31-28(37)24-17-35(3)25-10-9-21(15-23(24)25)22-11-12-36-27(16-22)32-30(34-36)33-29(38)26-8-5-13-39-26/h4,6-7,9-12,14-17,19,26H,5,8,13H2,1-3H3,(H,31,37)(H,33,34,38)/t19-,26?/m0/s1. The molecule has 0 spiro atoms. The second-order valence-corrected chi connectivity index (χ2v) is 10.1. The fourth-order valence-corrected chi connectivity index (χ4v) is 5.14. The van der Waals surface area contributed by atoms with Crippen LogP contribution in [0.5, 0.6) is 0 Å². The van der Waals surface area contributed by atoms with Gasteiger partial charge in [0.15, 0.2) is 5.65 Å². The number of amides is 2. The van der Waals surface area contributed by atoms with Crippen molar-refractivity contribution < 1.29 is 14.3 Å². The van der Waals surface area contributed by atoms with Gasteiger partial charge in [0.05, 0.1) is 11.6 Å². The summed E-state index contributed by atoms with van der Waals surface area (Å²) >= 11 is 0. The molecule has 5 aromatic rings. The second-order valence-electron chi connectivity index (χ2n) is 10.1. The molecule has 1 aliphatic rings. The van der Waals surface area contributed by atoms with Crippen molar-refractivity contribution in [2.45, 2.75) is 38.8 Å². The summed E-state index contributed by atoms with van der Waals surface area (Å²) in [4.78, 5) is 30.2. The van der Waals surface area contributed by atoms with Crippen molar-refractivity contribution in [3.63, 3.8) is 0 Å². The highest BCUT2D eigenvalue weighted by Crippen LogP contribution is 2.29. The van der Waals surface area contributed by atoms with Crippen molar-refractivity contribution in [2.75, 3.05) is 11.9 Å². The lowest BCUT2D eigenvalue weighted by atomic mass is 10.0. The summed E-state index contributed by atoms with van der Waals surface area (Å²) in [5.74, 6) is -0.0974. The van der Waals surface area contributed by atoms with Crippen LogP contribution in [0.4, 0.5) is 5.95 Å². The molecule has 0 saturated carbocycles. The molecule has 2 aromatic carbocycles. The summed E-state index contributed by atoms with van der Waals surface area (Å²) in [6.45, 7) is 4.64. The number of anilines is 1. The van der Waals surface area contributed by atoms with Gasteiger partial charge in [0.25, 0.3) is 11.8 Å². The van der Waals surface area contributed by atoms with Gasteiger partial charge in [0.1, 0.15) is 6.10 Å². The monoisotopic (exact) mass is 522 g/mol. The molecule has 2 atom stereocenters. The Morgan fingerprint density at radius 1 is 1.10 bits per heavy atom. The predicted octanol–water partition coefficient (Wildman–Crippen LogP) is 4.80. The van der Waals surface area contributed by atoms with Crippen LogP contribution < -0.4 is 10.6 Å². The summed E-state index contributed by atoms with van der Waals surface area (Å²) in [6.07, 6.45) is 4.82. The zero-order chi connectivity index (χ0) is 27.1. The van der Waals surface area contributed by atoms with E-state index >= 15 is 0 Å². The third-order valence-corrected chi connectivity index (χ3v) is 7.25. The first kappa shape index (κ1) is 24.8. The number of aryl methyl sites for hydroxylation is 2. The minimum atomic E-state index is -0.448. The Labute approximate surface area is 225 Å². The van der Waals surface area contributed by atoms with Crippen LogP contribution in [-0.2, 0) is 16.6 Å².